The fraction of sp³-hybridized carbons (Fsp3) is 0.429. The van der Waals surface area contributed by atoms with Crippen LogP contribution in [0.1, 0.15) is 11.8 Å². The molecule has 0 radical (unpaired) electrons. The zero-order chi connectivity index (χ0) is 17.3. The average molecular weight is 352 g/mol. The van der Waals surface area contributed by atoms with Crippen molar-refractivity contribution in [2.24, 2.45) is 0 Å². The number of rotatable bonds is 4. The van der Waals surface area contributed by atoms with Gasteiger partial charge in [-0.15, -0.1) is 0 Å². The molecule has 3 heterocycles. The molecule has 1 unspecified atom stereocenters. The number of nitrogen functional groups attached to an aromatic ring is 1. The van der Waals surface area contributed by atoms with Crippen LogP contribution in [0.3, 0.4) is 0 Å². The van der Waals surface area contributed by atoms with Gasteiger partial charge < -0.3 is 10.5 Å². The minimum atomic E-state index is -3.49. The van der Waals surface area contributed by atoms with E-state index in [2.05, 4.69) is 15.2 Å². The van der Waals surface area contributed by atoms with Crippen LogP contribution < -0.4 is 5.73 Å². The van der Waals surface area contributed by atoms with Gasteiger partial charge in [0.1, 0.15) is 11.9 Å². The molecule has 1 fully saturated rings. The molecule has 0 spiro atoms. The number of hydrogen-bond donors (Lipinski definition) is 2. The fourth-order valence-corrected chi connectivity index (χ4v) is 3.72. The Hall–Kier alpha value is -2.01. The van der Waals surface area contributed by atoms with Gasteiger partial charge in [0, 0.05) is 38.9 Å². The molecule has 1 aliphatic heterocycles. The number of nitrogens with zero attached hydrogens (tertiary/aromatic N) is 4. The smallest absolute Gasteiger partial charge is 0.281 e. The topological polar surface area (TPSA) is 117 Å². The van der Waals surface area contributed by atoms with Gasteiger partial charge in [0.15, 0.2) is 0 Å². The van der Waals surface area contributed by atoms with Crippen molar-refractivity contribution in [1.29, 1.82) is 0 Å². The Morgan fingerprint density at radius 3 is 2.96 bits per heavy atom. The lowest BCUT2D eigenvalue weighted by atomic mass is 10.0. The van der Waals surface area contributed by atoms with Crippen LogP contribution in [0, 0.1) is 0 Å². The molecule has 0 aliphatic carbocycles. The molecule has 0 amide bonds. The minimum absolute atomic E-state index is 0.219. The van der Waals surface area contributed by atoms with Gasteiger partial charge in [-0.3, -0.25) is 5.10 Å². The molecule has 10 heteroatoms. The van der Waals surface area contributed by atoms with Crippen LogP contribution in [-0.4, -0.2) is 66.0 Å². The van der Waals surface area contributed by atoms with Crippen LogP contribution in [-0.2, 0) is 14.9 Å². The summed E-state index contributed by atoms with van der Waals surface area (Å²) in [6, 6.07) is 3.56. The molecule has 0 bridgehead atoms. The van der Waals surface area contributed by atoms with E-state index in [0.717, 1.165) is 16.8 Å². The molecule has 24 heavy (non-hydrogen) atoms. The van der Waals surface area contributed by atoms with E-state index < -0.39 is 16.3 Å². The van der Waals surface area contributed by atoms with Gasteiger partial charge in [-0.25, -0.2) is 4.98 Å². The van der Waals surface area contributed by atoms with Crippen molar-refractivity contribution in [3.63, 3.8) is 0 Å². The van der Waals surface area contributed by atoms with Gasteiger partial charge in [0.2, 0.25) is 0 Å². The number of ether oxygens (including phenoxy) is 1. The lowest BCUT2D eigenvalue weighted by Gasteiger charge is -2.33. The number of anilines is 1. The third-order valence-corrected chi connectivity index (χ3v) is 5.81. The molecule has 2 aromatic heterocycles. The summed E-state index contributed by atoms with van der Waals surface area (Å²) < 4.78 is 33.1. The first kappa shape index (κ1) is 16.8. The van der Waals surface area contributed by atoms with Gasteiger partial charge in [0.05, 0.1) is 18.5 Å². The van der Waals surface area contributed by atoms with Gasteiger partial charge >= 0.3 is 0 Å². The molecule has 0 aromatic carbocycles. The van der Waals surface area contributed by atoms with E-state index in [-0.39, 0.29) is 6.54 Å². The standard InChI is InChI=1S/C14H20N6O3S/c1-19(2)24(21,22)20-5-6-23-12(9-20)14-11(8-17-18-14)10-3-4-16-13(15)7-10/h3-4,7-8,12H,5-6,9H2,1-2H3,(H2,15,16)(H,17,18). The van der Waals surface area contributed by atoms with Crippen molar-refractivity contribution in [1.82, 2.24) is 23.8 Å². The maximum Gasteiger partial charge on any atom is 0.281 e. The van der Waals surface area contributed by atoms with Crippen molar-refractivity contribution in [3.8, 4) is 11.1 Å². The Morgan fingerprint density at radius 1 is 1.46 bits per heavy atom. The summed E-state index contributed by atoms with van der Waals surface area (Å²) in [4.78, 5) is 3.98. The molecule has 3 N–H and O–H groups in total. The Bertz CT molecular complexity index is 819. The Balaban J connectivity index is 1.89. The highest BCUT2D eigenvalue weighted by molar-refractivity contribution is 7.86. The van der Waals surface area contributed by atoms with E-state index in [1.165, 1.54) is 22.7 Å². The summed E-state index contributed by atoms with van der Waals surface area (Å²) in [5.74, 6) is 0.404. The number of nitrogens with one attached hydrogen (secondary N) is 1. The second-order valence-corrected chi connectivity index (χ2v) is 7.82. The molecular formula is C14H20N6O3S. The van der Waals surface area contributed by atoms with Crippen LogP contribution in [0.2, 0.25) is 0 Å². The molecule has 2 aromatic rings. The van der Waals surface area contributed by atoms with E-state index in [4.69, 9.17) is 10.5 Å². The van der Waals surface area contributed by atoms with Gasteiger partial charge in [0.25, 0.3) is 10.2 Å². The quantitative estimate of drug-likeness (QED) is 0.813. The molecule has 1 aliphatic rings. The SMILES string of the molecule is CN(C)S(=O)(=O)N1CCOC(c2[nH]ncc2-c2ccnc(N)c2)C1. The number of hydrogen-bond acceptors (Lipinski definition) is 6. The van der Waals surface area contributed by atoms with E-state index in [1.807, 2.05) is 6.07 Å². The molecule has 1 saturated heterocycles. The van der Waals surface area contributed by atoms with Crippen LogP contribution >= 0.6 is 0 Å². The predicted octanol–water partition coefficient (Wildman–Crippen LogP) is 0.234. The highest BCUT2D eigenvalue weighted by Crippen LogP contribution is 2.31. The van der Waals surface area contributed by atoms with Crippen LogP contribution in [0.25, 0.3) is 11.1 Å². The summed E-state index contributed by atoms with van der Waals surface area (Å²) in [6.45, 7) is 0.855. The summed E-state index contributed by atoms with van der Waals surface area (Å²) in [6.07, 6.45) is 2.86. The molecule has 0 saturated carbocycles. The molecule has 9 nitrogen and oxygen atoms in total. The zero-order valence-corrected chi connectivity index (χ0v) is 14.3. The van der Waals surface area contributed by atoms with Crippen molar-refractivity contribution < 1.29 is 13.2 Å². The Kier molecular flexibility index (Phi) is 4.54. The largest absolute Gasteiger partial charge is 0.384 e. The third kappa shape index (κ3) is 3.13. The highest BCUT2D eigenvalue weighted by Gasteiger charge is 2.33. The lowest BCUT2D eigenvalue weighted by molar-refractivity contribution is -0.00594. The number of pyridine rings is 1. The number of aromatic amines is 1. The summed E-state index contributed by atoms with van der Waals surface area (Å²) in [5, 5.41) is 7.00. The van der Waals surface area contributed by atoms with Gasteiger partial charge in [-0.05, 0) is 17.7 Å². The minimum Gasteiger partial charge on any atom is -0.384 e. The van der Waals surface area contributed by atoms with Gasteiger partial charge in [-0.1, -0.05) is 0 Å². The number of aromatic nitrogens is 3. The molecule has 1 atom stereocenters. The van der Waals surface area contributed by atoms with E-state index in [1.54, 1.807) is 18.5 Å². The van der Waals surface area contributed by atoms with Crippen LogP contribution in [0.15, 0.2) is 24.5 Å². The van der Waals surface area contributed by atoms with Crippen molar-refractivity contribution in [2.45, 2.75) is 6.10 Å². The summed E-state index contributed by atoms with van der Waals surface area (Å²) >= 11 is 0. The lowest BCUT2D eigenvalue weighted by Crippen LogP contribution is -2.47. The monoisotopic (exact) mass is 352 g/mol. The first-order valence-electron chi connectivity index (χ1n) is 7.44. The highest BCUT2D eigenvalue weighted by atomic mass is 32.2. The Labute approximate surface area is 140 Å². The number of nitrogens with two attached hydrogens (primary N) is 1. The summed E-state index contributed by atoms with van der Waals surface area (Å²) in [7, 11) is -0.456. The summed E-state index contributed by atoms with van der Waals surface area (Å²) in [5.41, 5.74) is 8.13. The maximum atomic E-state index is 12.3. The fourth-order valence-electron chi connectivity index (χ4n) is 2.63. The third-order valence-electron chi connectivity index (χ3n) is 3.90. The van der Waals surface area contributed by atoms with Crippen molar-refractivity contribution >= 4 is 16.0 Å². The van der Waals surface area contributed by atoms with E-state index in [9.17, 15) is 8.42 Å². The van der Waals surface area contributed by atoms with E-state index >= 15 is 0 Å². The second-order valence-electron chi connectivity index (χ2n) is 5.67. The van der Waals surface area contributed by atoms with Crippen LogP contribution in [0.4, 0.5) is 5.82 Å². The number of morpholine rings is 1. The molecule has 130 valence electrons. The second kappa shape index (κ2) is 6.48. The average Bonchev–Trinajstić information content (AvgIpc) is 3.04. The molecule has 3 rings (SSSR count). The first-order valence-corrected chi connectivity index (χ1v) is 8.83. The first-order chi connectivity index (χ1) is 11.4. The molecular weight excluding hydrogens is 332 g/mol. The van der Waals surface area contributed by atoms with Gasteiger partial charge in [-0.2, -0.15) is 22.1 Å². The predicted molar refractivity (Wildman–Crippen MR) is 89.1 cm³/mol. The maximum absolute atomic E-state index is 12.3. The zero-order valence-electron chi connectivity index (χ0n) is 13.5. The Morgan fingerprint density at radius 2 is 2.25 bits per heavy atom. The van der Waals surface area contributed by atoms with Crippen molar-refractivity contribution in [3.05, 3.63) is 30.2 Å². The van der Waals surface area contributed by atoms with Crippen molar-refractivity contribution in [2.75, 3.05) is 39.5 Å². The normalized spacial score (nSPS) is 19.7. The number of H-pyrrole nitrogens is 1. The van der Waals surface area contributed by atoms with E-state index in [0.29, 0.717) is 19.0 Å². The van der Waals surface area contributed by atoms with Crippen LogP contribution in [0.5, 0.6) is 0 Å².